The zero-order chi connectivity index (χ0) is 15.5. The largest absolute Gasteiger partial charge is 0.303 e. The fraction of sp³-hybridized carbons (Fsp3) is 0.692. The molecule has 1 aromatic heterocycles. The summed E-state index contributed by atoms with van der Waals surface area (Å²) in [6, 6.07) is 1.63. The predicted octanol–water partition coefficient (Wildman–Crippen LogP) is 3.67. The highest BCUT2D eigenvalue weighted by atomic mass is 79.9. The van der Waals surface area contributed by atoms with Gasteiger partial charge in [-0.1, -0.05) is 6.92 Å². The molecule has 21 heavy (non-hydrogen) atoms. The topological polar surface area (TPSA) is 49.4 Å². The van der Waals surface area contributed by atoms with Gasteiger partial charge < -0.3 is 4.90 Å². The molecule has 0 aromatic carbocycles. The van der Waals surface area contributed by atoms with Crippen LogP contribution in [0.1, 0.15) is 26.2 Å². The van der Waals surface area contributed by atoms with Gasteiger partial charge in [0.25, 0.3) is 0 Å². The Kier molecular flexibility index (Phi) is 6.71. The van der Waals surface area contributed by atoms with Crippen LogP contribution < -0.4 is 4.72 Å². The number of hydrogen-bond acceptors (Lipinski definition) is 4. The first-order chi connectivity index (χ1) is 9.88. The number of sulfonamides is 1. The molecule has 1 aliphatic rings. The van der Waals surface area contributed by atoms with Crippen LogP contribution in [0.15, 0.2) is 18.5 Å². The second kappa shape index (κ2) is 7.88. The first kappa shape index (κ1) is 17.9. The Labute approximate surface area is 147 Å². The maximum atomic E-state index is 12.1. The van der Waals surface area contributed by atoms with Crippen LogP contribution in [0.5, 0.6) is 0 Å². The molecule has 4 nitrogen and oxygen atoms in total. The van der Waals surface area contributed by atoms with E-state index in [0.717, 1.165) is 40.2 Å². The lowest BCUT2D eigenvalue weighted by atomic mass is 9.99. The Morgan fingerprint density at radius 2 is 2.05 bits per heavy atom. The summed E-state index contributed by atoms with van der Waals surface area (Å²) in [4.78, 5) is 2.42. The highest BCUT2D eigenvalue weighted by Crippen LogP contribution is 2.34. The van der Waals surface area contributed by atoms with Crippen molar-refractivity contribution in [1.82, 2.24) is 9.62 Å². The molecule has 0 spiro atoms. The van der Waals surface area contributed by atoms with Crippen molar-refractivity contribution in [3.05, 3.63) is 14.3 Å². The molecule has 0 saturated carbocycles. The van der Waals surface area contributed by atoms with E-state index in [9.17, 15) is 8.42 Å². The molecule has 2 heterocycles. The van der Waals surface area contributed by atoms with Gasteiger partial charge in [-0.2, -0.15) is 0 Å². The van der Waals surface area contributed by atoms with Gasteiger partial charge in [0.05, 0.1) is 3.79 Å². The molecule has 0 radical (unpaired) electrons. The van der Waals surface area contributed by atoms with Crippen LogP contribution >= 0.6 is 43.2 Å². The summed E-state index contributed by atoms with van der Waals surface area (Å²) in [7, 11) is -3.38. The highest BCUT2D eigenvalue weighted by molar-refractivity contribution is 9.13. The third-order valence-corrected chi connectivity index (χ3v) is 8.90. The normalized spacial score (nSPS) is 18.2. The molecule has 1 aliphatic heterocycles. The predicted molar refractivity (Wildman–Crippen MR) is 94.4 cm³/mol. The van der Waals surface area contributed by atoms with Gasteiger partial charge in [-0.3, -0.25) is 0 Å². The number of thiophene rings is 1. The van der Waals surface area contributed by atoms with Crippen molar-refractivity contribution in [3.8, 4) is 0 Å². The van der Waals surface area contributed by atoms with E-state index in [1.807, 2.05) is 0 Å². The van der Waals surface area contributed by atoms with Crippen LogP contribution in [-0.4, -0.2) is 39.5 Å². The quantitative estimate of drug-likeness (QED) is 0.660. The summed E-state index contributed by atoms with van der Waals surface area (Å²) >= 11 is 7.85. The lowest BCUT2D eigenvalue weighted by molar-refractivity contribution is 0.191. The fourth-order valence-corrected chi connectivity index (χ4v) is 6.26. The molecule has 0 atom stereocenters. The van der Waals surface area contributed by atoms with Crippen molar-refractivity contribution in [3.63, 3.8) is 0 Å². The number of halogens is 2. The van der Waals surface area contributed by atoms with E-state index in [1.54, 1.807) is 6.07 Å². The molecule has 8 heteroatoms. The molecular formula is C13H20Br2N2O2S2. The minimum Gasteiger partial charge on any atom is -0.303 e. The van der Waals surface area contributed by atoms with Gasteiger partial charge in [-0.05, 0) is 82.7 Å². The second-order valence-electron chi connectivity index (χ2n) is 5.46. The Hall–Kier alpha value is 0.530. The van der Waals surface area contributed by atoms with Crippen LogP contribution in [0.4, 0.5) is 0 Å². The Bertz CT molecular complexity index is 547. The van der Waals surface area contributed by atoms with Crippen molar-refractivity contribution in [2.75, 3.05) is 26.2 Å². The van der Waals surface area contributed by atoms with E-state index in [-0.39, 0.29) is 0 Å². The average Bonchev–Trinajstić information content (AvgIpc) is 2.78. The van der Waals surface area contributed by atoms with Gasteiger partial charge in [0.1, 0.15) is 4.21 Å². The minimum atomic E-state index is -3.38. The van der Waals surface area contributed by atoms with Crippen LogP contribution in [0.3, 0.4) is 0 Å². The van der Waals surface area contributed by atoms with Gasteiger partial charge in [-0.15, -0.1) is 11.3 Å². The summed E-state index contributed by atoms with van der Waals surface area (Å²) in [5.74, 6) is 0.829. The van der Waals surface area contributed by atoms with Crippen molar-refractivity contribution < 1.29 is 8.42 Å². The fourth-order valence-electron chi connectivity index (χ4n) is 2.33. The maximum absolute atomic E-state index is 12.1. The third-order valence-electron chi connectivity index (χ3n) is 3.71. The van der Waals surface area contributed by atoms with Crippen molar-refractivity contribution in [1.29, 1.82) is 0 Å². The number of likely N-dealkylation sites (tertiary alicyclic amines) is 1. The van der Waals surface area contributed by atoms with Crippen LogP contribution in [0, 0.1) is 5.92 Å². The van der Waals surface area contributed by atoms with Gasteiger partial charge in [-0.25, -0.2) is 13.1 Å². The molecule has 120 valence electrons. The van der Waals surface area contributed by atoms with Gasteiger partial charge >= 0.3 is 0 Å². The summed E-state index contributed by atoms with van der Waals surface area (Å²) in [6.07, 6.45) is 3.35. The lowest BCUT2D eigenvalue weighted by Gasteiger charge is -2.30. The van der Waals surface area contributed by atoms with Crippen molar-refractivity contribution >= 4 is 53.2 Å². The van der Waals surface area contributed by atoms with E-state index >= 15 is 0 Å². The Balaban J connectivity index is 1.75. The Morgan fingerprint density at radius 3 is 2.62 bits per heavy atom. The van der Waals surface area contributed by atoms with Crippen LogP contribution in [0.25, 0.3) is 0 Å². The molecule has 1 saturated heterocycles. The second-order valence-corrected chi connectivity index (χ2v) is 10.7. The molecule has 1 N–H and O–H groups in total. The van der Waals surface area contributed by atoms with E-state index in [1.165, 1.54) is 24.2 Å². The zero-order valence-electron chi connectivity index (χ0n) is 11.9. The number of rotatable bonds is 6. The standard InChI is InChI=1S/C13H20Br2N2O2S2/c1-10-3-7-17(8-4-10)6-2-5-16-21(18,19)12-9-11(14)13(15)20-12/h9-10,16H,2-8H2,1H3. The molecule has 0 amide bonds. The number of hydrogen-bond donors (Lipinski definition) is 1. The van der Waals surface area contributed by atoms with Crippen LogP contribution in [-0.2, 0) is 10.0 Å². The molecule has 2 rings (SSSR count). The molecule has 0 bridgehead atoms. The lowest BCUT2D eigenvalue weighted by Crippen LogP contribution is -2.35. The van der Waals surface area contributed by atoms with Gasteiger partial charge in [0.15, 0.2) is 0 Å². The summed E-state index contributed by atoms with van der Waals surface area (Å²) in [5.41, 5.74) is 0. The first-order valence-corrected chi connectivity index (χ1v) is 10.9. The Morgan fingerprint density at radius 1 is 1.38 bits per heavy atom. The van der Waals surface area contributed by atoms with E-state index in [2.05, 4.69) is 48.4 Å². The number of nitrogens with one attached hydrogen (secondary N) is 1. The highest BCUT2D eigenvalue weighted by Gasteiger charge is 2.19. The maximum Gasteiger partial charge on any atom is 0.250 e. The minimum absolute atomic E-state index is 0.341. The first-order valence-electron chi connectivity index (χ1n) is 7.05. The molecule has 1 aromatic rings. The van der Waals surface area contributed by atoms with E-state index < -0.39 is 10.0 Å². The average molecular weight is 460 g/mol. The summed E-state index contributed by atoms with van der Waals surface area (Å²) in [5, 5.41) is 0. The summed E-state index contributed by atoms with van der Waals surface area (Å²) in [6.45, 7) is 6.02. The van der Waals surface area contributed by atoms with Crippen molar-refractivity contribution in [2.45, 2.75) is 30.4 Å². The number of piperidine rings is 1. The van der Waals surface area contributed by atoms with E-state index in [4.69, 9.17) is 0 Å². The SMILES string of the molecule is CC1CCN(CCCNS(=O)(=O)c2cc(Br)c(Br)s2)CC1. The third kappa shape index (κ3) is 5.28. The van der Waals surface area contributed by atoms with Crippen molar-refractivity contribution in [2.24, 2.45) is 5.92 Å². The molecule has 0 unspecified atom stereocenters. The monoisotopic (exact) mass is 458 g/mol. The number of nitrogens with zero attached hydrogens (tertiary/aromatic N) is 1. The smallest absolute Gasteiger partial charge is 0.250 e. The molecular weight excluding hydrogens is 440 g/mol. The molecule has 0 aliphatic carbocycles. The zero-order valence-corrected chi connectivity index (χ0v) is 16.7. The van der Waals surface area contributed by atoms with Gasteiger partial charge in [0.2, 0.25) is 10.0 Å². The van der Waals surface area contributed by atoms with Crippen LogP contribution in [0.2, 0.25) is 0 Å². The van der Waals surface area contributed by atoms with Gasteiger partial charge in [0, 0.05) is 11.0 Å². The van der Waals surface area contributed by atoms with E-state index in [0.29, 0.717) is 10.8 Å². The molecule has 1 fully saturated rings. The summed E-state index contributed by atoms with van der Waals surface area (Å²) < 4.78 is 28.9.